The number of amides is 1. The van der Waals surface area contributed by atoms with Crippen LogP contribution in [-0.4, -0.2) is 36.2 Å². The van der Waals surface area contributed by atoms with Crippen molar-refractivity contribution in [2.75, 3.05) is 25.1 Å². The van der Waals surface area contributed by atoms with Gasteiger partial charge in [0.15, 0.2) is 0 Å². The number of aromatic nitrogens is 2. The minimum atomic E-state index is -0.0625. The Bertz CT molecular complexity index is 978. The van der Waals surface area contributed by atoms with E-state index in [-0.39, 0.29) is 5.91 Å². The number of methoxy groups -OCH3 is 1. The van der Waals surface area contributed by atoms with Crippen molar-refractivity contribution < 1.29 is 14.1 Å². The van der Waals surface area contributed by atoms with E-state index in [2.05, 4.69) is 32.5 Å². The van der Waals surface area contributed by atoms with Crippen LogP contribution in [-0.2, 0) is 17.8 Å². The van der Waals surface area contributed by atoms with Crippen molar-refractivity contribution >= 4 is 11.6 Å². The first-order valence-electron chi connectivity index (χ1n) is 10.3. The van der Waals surface area contributed by atoms with Gasteiger partial charge in [0.25, 0.3) is 0 Å². The van der Waals surface area contributed by atoms with Gasteiger partial charge in [0.1, 0.15) is 5.75 Å². The minimum Gasteiger partial charge on any atom is -0.497 e. The van der Waals surface area contributed by atoms with Gasteiger partial charge < -0.3 is 19.5 Å². The summed E-state index contributed by atoms with van der Waals surface area (Å²) in [7, 11) is 1.62. The molecule has 2 aromatic carbocycles. The van der Waals surface area contributed by atoms with Crippen LogP contribution >= 0.6 is 0 Å². The molecule has 4 rings (SSSR count). The lowest BCUT2D eigenvalue weighted by molar-refractivity contribution is -0.121. The van der Waals surface area contributed by atoms with E-state index in [4.69, 9.17) is 9.26 Å². The smallest absolute Gasteiger partial charge is 0.227 e. The molecule has 0 bridgehead atoms. The molecule has 156 valence electrons. The summed E-state index contributed by atoms with van der Waals surface area (Å²) in [5.41, 5.74) is 3.13. The summed E-state index contributed by atoms with van der Waals surface area (Å²) in [5, 5.41) is 6.96. The maximum Gasteiger partial charge on any atom is 0.227 e. The molecule has 0 saturated carbocycles. The van der Waals surface area contributed by atoms with E-state index in [0.717, 1.165) is 30.0 Å². The molecule has 0 unspecified atom stereocenters. The summed E-state index contributed by atoms with van der Waals surface area (Å²) >= 11 is 0. The summed E-state index contributed by atoms with van der Waals surface area (Å²) in [6.07, 6.45) is 3.20. The van der Waals surface area contributed by atoms with Crippen molar-refractivity contribution in [3.05, 3.63) is 60.0 Å². The maximum absolute atomic E-state index is 12.1. The van der Waals surface area contributed by atoms with Gasteiger partial charge in [-0.15, -0.1) is 0 Å². The number of benzene rings is 2. The lowest BCUT2D eigenvalue weighted by Crippen LogP contribution is -2.23. The lowest BCUT2D eigenvalue weighted by Gasteiger charge is -2.17. The molecular weight excluding hydrogens is 380 g/mol. The molecule has 1 aliphatic heterocycles. The molecule has 1 aliphatic rings. The fraction of sp³-hybridized carbons (Fsp3) is 0.348. The summed E-state index contributed by atoms with van der Waals surface area (Å²) in [4.78, 5) is 19.0. The van der Waals surface area contributed by atoms with Gasteiger partial charge in [-0.3, -0.25) is 4.79 Å². The molecule has 1 amide bonds. The van der Waals surface area contributed by atoms with Crippen molar-refractivity contribution in [3.63, 3.8) is 0 Å². The molecule has 1 aromatic heterocycles. The van der Waals surface area contributed by atoms with Gasteiger partial charge in [0, 0.05) is 43.7 Å². The highest BCUT2D eigenvalue weighted by Gasteiger charge is 2.14. The largest absolute Gasteiger partial charge is 0.497 e. The van der Waals surface area contributed by atoms with E-state index in [9.17, 15) is 4.79 Å². The minimum absolute atomic E-state index is 0.0625. The van der Waals surface area contributed by atoms with E-state index < -0.39 is 0 Å². The summed E-state index contributed by atoms with van der Waals surface area (Å²) < 4.78 is 10.5. The van der Waals surface area contributed by atoms with E-state index in [1.54, 1.807) is 7.11 Å². The van der Waals surface area contributed by atoms with Gasteiger partial charge in [0.05, 0.1) is 7.11 Å². The van der Waals surface area contributed by atoms with Crippen LogP contribution in [0.5, 0.6) is 5.75 Å². The number of hydrogen-bond donors (Lipinski definition) is 1. The predicted octanol–water partition coefficient (Wildman–Crippen LogP) is 3.59. The normalized spacial score (nSPS) is 13.4. The Morgan fingerprint density at radius 2 is 1.97 bits per heavy atom. The molecule has 30 heavy (non-hydrogen) atoms. The van der Waals surface area contributed by atoms with Crippen molar-refractivity contribution in [1.82, 2.24) is 15.5 Å². The first kappa shape index (κ1) is 19.9. The highest BCUT2D eigenvalue weighted by molar-refractivity contribution is 5.76. The molecule has 7 heteroatoms. The second kappa shape index (κ2) is 9.43. The van der Waals surface area contributed by atoms with E-state index in [0.29, 0.717) is 31.1 Å². The molecule has 1 saturated heterocycles. The monoisotopic (exact) mass is 406 g/mol. The SMILES string of the molecule is COc1cccc(CNC(=O)CCc2nc(-c3ccc(N4CCCC4)cc3)no2)c1. The first-order chi connectivity index (χ1) is 14.7. The Hall–Kier alpha value is -3.35. The van der Waals surface area contributed by atoms with E-state index in [1.165, 1.54) is 18.5 Å². The van der Waals surface area contributed by atoms with Crippen LogP contribution in [0.1, 0.15) is 30.7 Å². The fourth-order valence-electron chi connectivity index (χ4n) is 3.56. The van der Waals surface area contributed by atoms with Gasteiger partial charge in [-0.25, -0.2) is 0 Å². The Morgan fingerprint density at radius 1 is 1.17 bits per heavy atom. The number of ether oxygens (including phenoxy) is 1. The maximum atomic E-state index is 12.1. The molecule has 7 nitrogen and oxygen atoms in total. The van der Waals surface area contributed by atoms with Crippen LogP contribution < -0.4 is 15.0 Å². The first-order valence-corrected chi connectivity index (χ1v) is 10.3. The molecular formula is C23H26N4O3. The predicted molar refractivity (Wildman–Crippen MR) is 114 cm³/mol. The van der Waals surface area contributed by atoms with Crippen molar-refractivity contribution in [2.24, 2.45) is 0 Å². The topological polar surface area (TPSA) is 80.5 Å². The zero-order valence-corrected chi connectivity index (χ0v) is 17.1. The molecule has 0 spiro atoms. The number of nitrogens with zero attached hydrogens (tertiary/aromatic N) is 3. The quantitative estimate of drug-likeness (QED) is 0.616. The number of anilines is 1. The second-order valence-corrected chi connectivity index (χ2v) is 7.38. The van der Waals surface area contributed by atoms with E-state index in [1.807, 2.05) is 36.4 Å². The molecule has 0 radical (unpaired) electrons. The standard InChI is InChI=1S/C23H26N4O3/c1-29-20-6-4-5-17(15-20)16-24-21(28)11-12-22-25-23(26-30-22)18-7-9-19(10-8-18)27-13-2-3-14-27/h4-10,15H,2-3,11-14,16H2,1H3,(H,24,28). The Morgan fingerprint density at radius 3 is 2.73 bits per heavy atom. The molecule has 3 aromatic rings. The van der Waals surface area contributed by atoms with Crippen LogP contribution in [0.25, 0.3) is 11.4 Å². The van der Waals surface area contributed by atoms with Gasteiger partial charge in [-0.2, -0.15) is 4.98 Å². The number of aryl methyl sites for hydroxylation is 1. The zero-order valence-electron chi connectivity index (χ0n) is 17.1. The second-order valence-electron chi connectivity index (χ2n) is 7.38. The number of hydrogen-bond acceptors (Lipinski definition) is 6. The lowest BCUT2D eigenvalue weighted by atomic mass is 10.2. The summed E-state index contributed by atoms with van der Waals surface area (Å²) in [6.45, 7) is 2.69. The van der Waals surface area contributed by atoms with Gasteiger partial charge in [-0.1, -0.05) is 17.3 Å². The molecule has 0 aliphatic carbocycles. The summed E-state index contributed by atoms with van der Waals surface area (Å²) in [6, 6.07) is 15.9. The summed E-state index contributed by atoms with van der Waals surface area (Å²) in [5.74, 6) is 1.72. The third-order valence-electron chi connectivity index (χ3n) is 5.25. The zero-order chi connectivity index (χ0) is 20.8. The van der Waals surface area contributed by atoms with Crippen molar-refractivity contribution in [3.8, 4) is 17.1 Å². The number of rotatable bonds is 8. The molecule has 1 N–H and O–H groups in total. The van der Waals surface area contributed by atoms with Gasteiger partial charge in [-0.05, 0) is 54.8 Å². The third kappa shape index (κ3) is 4.97. The number of nitrogens with one attached hydrogen (secondary N) is 1. The number of carbonyl (C=O) groups is 1. The van der Waals surface area contributed by atoms with Crippen molar-refractivity contribution in [1.29, 1.82) is 0 Å². The average Bonchev–Trinajstić information content (AvgIpc) is 3.49. The van der Waals surface area contributed by atoms with Crippen LogP contribution in [0.15, 0.2) is 53.1 Å². The average molecular weight is 406 g/mol. The van der Waals surface area contributed by atoms with Crippen molar-refractivity contribution in [2.45, 2.75) is 32.2 Å². The fourth-order valence-corrected chi connectivity index (χ4v) is 3.56. The Labute approximate surface area is 176 Å². The molecule has 0 atom stereocenters. The van der Waals surface area contributed by atoms with Crippen LogP contribution in [0.2, 0.25) is 0 Å². The highest BCUT2D eigenvalue weighted by atomic mass is 16.5. The molecule has 2 heterocycles. The van der Waals surface area contributed by atoms with Crippen LogP contribution in [0.4, 0.5) is 5.69 Å². The molecule has 1 fully saturated rings. The van der Waals surface area contributed by atoms with Gasteiger partial charge in [0.2, 0.25) is 17.6 Å². The third-order valence-corrected chi connectivity index (χ3v) is 5.25. The van der Waals surface area contributed by atoms with E-state index >= 15 is 0 Å². The Kier molecular flexibility index (Phi) is 6.27. The highest BCUT2D eigenvalue weighted by Crippen LogP contribution is 2.24. The number of carbonyl (C=O) groups excluding carboxylic acids is 1. The Balaban J connectivity index is 1.27. The van der Waals surface area contributed by atoms with Gasteiger partial charge >= 0.3 is 0 Å². The van der Waals surface area contributed by atoms with Crippen LogP contribution in [0, 0.1) is 0 Å². The van der Waals surface area contributed by atoms with Crippen LogP contribution in [0.3, 0.4) is 0 Å².